The van der Waals surface area contributed by atoms with Gasteiger partial charge >= 0.3 is 0 Å². The van der Waals surface area contributed by atoms with Crippen LogP contribution in [0.2, 0.25) is 5.02 Å². The molecule has 0 aliphatic rings. The standard InChI is InChI=1S/C17H19ClN2O3S/c1-3-20(4-2)17(21)13-10-11-15(18)16(12-13)24(22,23)19-14-8-6-5-7-9-14/h5-12,19H,3-4H2,1-2H3. The van der Waals surface area contributed by atoms with Gasteiger partial charge in [-0.1, -0.05) is 29.8 Å². The molecule has 2 aromatic carbocycles. The summed E-state index contributed by atoms with van der Waals surface area (Å²) in [4.78, 5) is 13.9. The summed E-state index contributed by atoms with van der Waals surface area (Å²) in [6, 6.07) is 12.8. The van der Waals surface area contributed by atoms with Gasteiger partial charge < -0.3 is 4.90 Å². The molecule has 2 aromatic rings. The molecular formula is C17H19ClN2O3S. The normalized spacial score (nSPS) is 11.1. The summed E-state index contributed by atoms with van der Waals surface area (Å²) in [6.07, 6.45) is 0. The monoisotopic (exact) mass is 366 g/mol. The summed E-state index contributed by atoms with van der Waals surface area (Å²) in [5, 5.41) is 0.0644. The average Bonchev–Trinajstić information content (AvgIpc) is 2.56. The van der Waals surface area contributed by atoms with Crippen LogP contribution in [0, 0.1) is 0 Å². The zero-order chi connectivity index (χ0) is 17.7. The summed E-state index contributed by atoms with van der Waals surface area (Å²) in [6.45, 7) is 4.82. The molecule has 0 radical (unpaired) electrons. The Hall–Kier alpha value is -2.05. The second kappa shape index (κ2) is 7.68. The Balaban J connectivity index is 2.39. The molecule has 0 aliphatic heterocycles. The lowest BCUT2D eigenvalue weighted by molar-refractivity contribution is 0.0773. The van der Waals surface area contributed by atoms with Crippen LogP contribution in [0.1, 0.15) is 24.2 Å². The molecule has 1 amide bonds. The molecule has 0 bridgehead atoms. The first kappa shape index (κ1) is 18.3. The third-order valence-electron chi connectivity index (χ3n) is 3.54. The van der Waals surface area contributed by atoms with Crippen LogP contribution in [0.15, 0.2) is 53.4 Å². The van der Waals surface area contributed by atoms with Crippen molar-refractivity contribution in [1.29, 1.82) is 0 Å². The number of hydrogen-bond acceptors (Lipinski definition) is 3. The van der Waals surface area contributed by atoms with Crippen LogP contribution in [-0.4, -0.2) is 32.3 Å². The Morgan fingerprint density at radius 1 is 1.08 bits per heavy atom. The van der Waals surface area contributed by atoms with Gasteiger partial charge in [-0.3, -0.25) is 9.52 Å². The van der Waals surface area contributed by atoms with Gasteiger partial charge in [-0.15, -0.1) is 0 Å². The Kier molecular flexibility index (Phi) is 5.85. The number of anilines is 1. The molecule has 0 aromatic heterocycles. The molecule has 0 fully saturated rings. The topological polar surface area (TPSA) is 66.5 Å². The van der Waals surface area contributed by atoms with E-state index in [0.29, 0.717) is 18.8 Å². The second-order valence-corrected chi connectivity index (χ2v) is 7.15. The minimum atomic E-state index is -3.89. The number of nitrogens with one attached hydrogen (secondary N) is 1. The Morgan fingerprint density at radius 3 is 2.29 bits per heavy atom. The number of benzene rings is 2. The Labute approximate surface area is 147 Å². The van der Waals surface area contributed by atoms with E-state index in [-0.39, 0.29) is 21.4 Å². The molecule has 2 rings (SSSR count). The van der Waals surface area contributed by atoms with Crippen molar-refractivity contribution in [2.75, 3.05) is 17.8 Å². The second-order valence-electron chi connectivity index (χ2n) is 5.09. The summed E-state index contributed by atoms with van der Waals surface area (Å²) in [7, 11) is -3.89. The molecule has 0 heterocycles. The highest BCUT2D eigenvalue weighted by molar-refractivity contribution is 7.92. The number of halogens is 1. The van der Waals surface area contributed by atoms with Gasteiger partial charge in [-0.2, -0.15) is 0 Å². The van der Waals surface area contributed by atoms with Gasteiger partial charge in [0.2, 0.25) is 0 Å². The molecular weight excluding hydrogens is 348 g/mol. The minimum Gasteiger partial charge on any atom is -0.339 e. The van der Waals surface area contributed by atoms with E-state index < -0.39 is 10.0 Å². The van der Waals surface area contributed by atoms with E-state index in [4.69, 9.17) is 11.6 Å². The van der Waals surface area contributed by atoms with Crippen molar-refractivity contribution in [3.05, 3.63) is 59.1 Å². The van der Waals surface area contributed by atoms with Crippen LogP contribution in [0.25, 0.3) is 0 Å². The number of amides is 1. The fraction of sp³-hybridized carbons (Fsp3) is 0.235. The summed E-state index contributed by atoms with van der Waals surface area (Å²) in [5.41, 5.74) is 0.713. The number of carbonyl (C=O) groups is 1. The van der Waals surface area contributed by atoms with Crippen LogP contribution in [0.3, 0.4) is 0 Å². The van der Waals surface area contributed by atoms with Crippen molar-refractivity contribution in [2.24, 2.45) is 0 Å². The van der Waals surface area contributed by atoms with Gasteiger partial charge in [0, 0.05) is 24.3 Å². The van der Waals surface area contributed by atoms with Gasteiger partial charge in [0.15, 0.2) is 0 Å². The Morgan fingerprint density at radius 2 is 1.71 bits per heavy atom. The SMILES string of the molecule is CCN(CC)C(=O)c1ccc(Cl)c(S(=O)(=O)Nc2ccccc2)c1. The van der Waals surface area contributed by atoms with Crippen molar-refractivity contribution >= 4 is 33.2 Å². The van der Waals surface area contributed by atoms with Crippen molar-refractivity contribution in [3.8, 4) is 0 Å². The maximum absolute atomic E-state index is 12.6. The van der Waals surface area contributed by atoms with E-state index in [2.05, 4.69) is 4.72 Å². The van der Waals surface area contributed by atoms with Gasteiger partial charge in [0.25, 0.3) is 15.9 Å². The Bertz CT molecular complexity index is 819. The lowest BCUT2D eigenvalue weighted by Crippen LogP contribution is -2.30. The molecule has 128 valence electrons. The van der Waals surface area contributed by atoms with Gasteiger partial charge in [-0.25, -0.2) is 8.42 Å². The van der Waals surface area contributed by atoms with E-state index in [1.54, 1.807) is 35.2 Å². The molecule has 0 saturated heterocycles. The highest BCUT2D eigenvalue weighted by atomic mass is 35.5. The largest absolute Gasteiger partial charge is 0.339 e. The molecule has 0 unspecified atom stereocenters. The predicted octanol–water partition coefficient (Wildman–Crippen LogP) is 3.62. The van der Waals surface area contributed by atoms with Gasteiger partial charge in [0.1, 0.15) is 4.90 Å². The molecule has 5 nitrogen and oxygen atoms in total. The van der Waals surface area contributed by atoms with E-state index in [1.165, 1.54) is 18.2 Å². The zero-order valence-electron chi connectivity index (χ0n) is 13.5. The zero-order valence-corrected chi connectivity index (χ0v) is 15.1. The number of hydrogen-bond donors (Lipinski definition) is 1. The van der Waals surface area contributed by atoms with Gasteiger partial charge in [0.05, 0.1) is 5.02 Å². The fourth-order valence-corrected chi connectivity index (χ4v) is 3.84. The lowest BCUT2D eigenvalue weighted by Gasteiger charge is -2.19. The van der Waals surface area contributed by atoms with E-state index in [0.717, 1.165) is 0 Å². The molecule has 24 heavy (non-hydrogen) atoms. The van der Waals surface area contributed by atoms with Crippen LogP contribution in [-0.2, 0) is 10.0 Å². The van der Waals surface area contributed by atoms with Crippen molar-refractivity contribution in [3.63, 3.8) is 0 Å². The minimum absolute atomic E-state index is 0.0644. The summed E-state index contributed by atoms with van der Waals surface area (Å²) in [5.74, 6) is -0.229. The summed E-state index contributed by atoms with van der Waals surface area (Å²) < 4.78 is 27.6. The first-order valence-electron chi connectivity index (χ1n) is 7.55. The first-order valence-corrected chi connectivity index (χ1v) is 9.41. The van der Waals surface area contributed by atoms with Crippen molar-refractivity contribution in [1.82, 2.24) is 4.90 Å². The fourth-order valence-electron chi connectivity index (χ4n) is 2.25. The van der Waals surface area contributed by atoms with Crippen LogP contribution in [0.4, 0.5) is 5.69 Å². The van der Waals surface area contributed by atoms with Crippen LogP contribution < -0.4 is 4.72 Å². The number of carbonyl (C=O) groups excluding carboxylic acids is 1. The molecule has 0 saturated carbocycles. The van der Waals surface area contributed by atoms with E-state index >= 15 is 0 Å². The van der Waals surface area contributed by atoms with E-state index in [1.807, 2.05) is 13.8 Å². The molecule has 1 N–H and O–H groups in total. The van der Waals surface area contributed by atoms with Crippen LogP contribution in [0.5, 0.6) is 0 Å². The molecule has 0 atom stereocenters. The number of para-hydroxylation sites is 1. The maximum atomic E-state index is 12.6. The quantitative estimate of drug-likeness (QED) is 0.849. The van der Waals surface area contributed by atoms with Crippen molar-refractivity contribution in [2.45, 2.75) is 18.7 Å². The van der Waals surface area contributed by atoms with E-state index in [9.17, 15) is 13.2 Å². The summed E-state index contributed by atoms with van der Waals surface area (Å²) >= 11 is 6.05. The highest BCUT2D eigenvalue weighted by Gasteiger charge is 2.21. The van der Waals surface area contributed by atoms with Gasteiger partial charge in [-0.05, 0) is 44.2 Å². The number of nitrogens with zero attached hydrogens (tertiary/aromatic N) is 1. The third kappa shape index (κ3) is 4.07. The predicted molar refractivity (Wildman–Crippen MR) is 96.0 cm³/mol. The lowest BCUT2D eigenvalue weighted by atomic mass is 10.2. The number of rotatable bonds is 6. The smallest absolute Gasteiger partial charge is 0.263 e. The molecule has 7 heteroatoms. The third-order valence-corrected chi connectivity index (χ3v) is 5.41. The molecule has 0 spiro atoms. The highest BCUT2D eigenvalue weighted by Crippen LogP contribution is 2.25. The first-order chi connectivity index (χ1) is 11.4. The maximum Gasteiger partial charge on any atom is 0.263 e. The van der Waals surface area contributed by atoms with Crippen molar-refractivity contribution < 1.29 is 13.2 Å². The number of sulfonamides is 1. The van der Waals surface area contributed by atoms with Crippen LogP contribution >= 0.6 is 11.6 Å². The molecule has 0 aliphatic carbocycles. The average molecular weight is 367 g/mol.